The molecule has 0 aliphatic heterocycles. The first-order valence-electron chi connectivity index (χ1n) is 4.98. The second kappa shape index (κ2) is 7.42. The lowest BCUT2D eigenvalue weighted by Crippen LogP contribution is -2.25. The highest BCUT2D eigenvalue weighted by Crippen LogP contribution is 2.25. The number of sulfonamides is 1. The third-order valence-corrected chi connectivity index (χ3v) is 5.75. The molecule has 1 rings (SSSR count). The first kappa shape index (κ1) is 15.9. The summed E-state index contributed by atoms with van der Waals surface area (Å²) >= 11 is 8.79. The first-order valence-corrected chi connectivity index (χ1v) is 9.57. The Bertz CT molecular complexity index is 479. The lowest BCUT2D eigenvalue weighted by atomic mass is 10.3. The van der Waals surface area contributed by atoms with Crippen molar-refractivity contribution < 1.29 is 8.42 Å². The van der Waals surface area contributed by atoms with Gasteiger partial charge >= 0.3 is 0 Å². The van der Waals surface area contributed by atoms with Crippen molar-refractivity contribution in [2.24, 2.45) is 0 Å². The van der Waals surface area contributed by atoms with Crippen LogP contribution in [0, 0.1) is 0 Å². The van der Waals surface area contributed by atoms with Crippen LogP contribution in [0.3, 0.4) is 0 Å². The molecule has 7 heteroatoms. The number of alkyl halides is 1. The minimum absolute atomic E-state index is 0.265. The summed E-state index contributed by atoms with van der Waals surface area (Å²) in [5.74, 6) is 0. The first-order chi connectivity index (χ1) is 7.97. The SMILES string of the molecule is O=S(=O)(NCCCCI)c1cc(Br)ccc1Br. The van der Waals surface area contributed by atoms with Gasteiger partial charge in [0.05, 0.1) is 4.90 Å². The number of hydrogen-bond acceptors (Lipinski definition) is 2. The molecule has 0 aliphatic rings. The molecule has 1 aromatic rings. The summed E-state index contributed by atoms with van der Waals surface area (Å²) in [6.07, 6.45) is 1.87. The Morgan fingerprint density at radius 2 is 1.94 bits per heavy atom. The fourth-order valence-corrected chi connectivity index (χ4v) is 4.30. The van der Waals surface area contributed by atoms with E-state index in [9.17, 15) is 8.42 Å². The molecule has 0 atom stereocenters. The molecular weight excluding hydrogens is 485 g/mol. The number of hydrogen-bond donors (Lipinski definition) is 1. The average molecular weight is 497 g/mol. The maximum absolute atomic E-state index is 12.0. The van der Waals surface area contributed by atoms with Crippen LogP contribution in [-0.4, -0.2) is 19.4 Å². The molecule has 0 spiro atoms. The molecule has 0 amide bonds. The lowest BCUT2D eigenvalue weighted by Gasteiger charge is -2.08. The molecule has 0 saturated heterocycles. The summed E-state index contributed by atoms with van der Waals surface area (Å²) in [7, 11) is -3.42. The van der Waals surface area contributed by atoms with E-state index in [-0.39, 0.29) is 4.90 Å². The topological polar surface area (TPSA) is 46.2 Å². The third kappa shape index (κ3) is 5.14. The van der Waals surface area contributed by atoms with Crippen LogP contribution in [0.2, 0.25) is 0 Å². The van der Waals surface area contributed by atoms with Crippen LogP contribution < -0.4 is 4.72 Å². The van der Waals surface area contributed by atoms with Gasteiger partial charge in [-0.1, -0.05) is 38.5 Å². The van der Waals surface area contributed by atoms with Gasteiger partial charge in [0.2, 0.25) is 10.0 Å². The van der Waals surface area contributed by atoms with Gasteiger partial charge in [0.25, 0.3) is 0 Å². The predicted molar refractivity (Wildman–Crippen MR) is 85.2 cm³/mol. The minimum atomic E-state index is -3.42. The van der Waals surface area contributed by atoms with Gasteiger partial charge in [-0.15, -0.1) is 0 Å². The molecule has 1 aromatic carbocycles. The molecule has 0 aromatic heterocycles. The lowest BCUT2D eigenvalue weighted by molar-refractivity contribution is 0.578. The maximum atomic E-state index is 12.0. The second-order valence-electron chi connectivity index (χ2n) is 3.37. The summed E-state index contributed by atoms with van der Waals surface area (Å²) < 4.78 is 29.0. The van der Waals surface area contributed by atoms with Crippen molar-refractivity contribution in [2.45, 2.75) is 17.7 Å². The molecular formula is C10H12Br2INO2S. The van der Waals surface area contributed by atoms with Gasteiger partial charge in [0.1, 0.15) is 0 Å². The molecule has 0 radical (unpaired) electrons. The molecule has 0 aliphatic carbocycles. The summed E-state index contributed by atoms with van der Waals surface area (Å²) in [6, 6.07) is 5.09. The summed E-state index contributed by atoms with van der Waals surface area (Å²) in [5.41, 5.74) is 0. The van der Waals surface area contributed by atoms with Gasteiger partial charge in [0, 0.05) is 15.5 Å². The van der Waals surface area contributed by atoms with Gasteiger partial charge in [-0.3, -0.25) is 0 Å². The molecule has 1 N–H and O–H groups in total. The van der Waals surface area contributed by atoms with Crippen LogP contribution in [0.5, 0.6) is 0 Å². The van der Waals surface area contributed by atoms with E-state index in [1.54, 1.807) is 18.2 Å². The van der Waals surface area contributed by atoms with Crippen molar-refractivity contribution in [1.29, 1.82) is 0 Å². The number of unbranched alkanes of at least 4 members (excludes halogenated alkanes) is 1. The summed E-state index contributed by atoms with van der Waals surface area (Å²) in [6.45, 7) is 0.476. The fourth-order valence-electron chi connectivity index (χ4n) is 1.19. The van der Waals surface area contributed by atoms with Gasteiger partial charge in [-0.05, 0) is 51.4 Å². The molecule has 96 valence electrons. The second-order valence-corrected chi connectivity index (χ2v) is 7.95. The number of nitrogens with one attached hydrogen (secondary N) is 1. The van der Waals surface area contributed by atoms with Crippen molar-refractivity contribution in [3.8, 4) is 0 Å². The Morgan fingerprint density at radius 3 is 2.59 bits per heavy atom. The standard InChI is InChI=1S/C10H12Br2INO2S/c11-8-3-4-9(12)10(7-8)17(15,16)14-6-2-1-5-13/h3-4,7,14H,1-2,5-6H2. The third-order valence-electron chi connectivity index (χ3n) is 2.04. The van der Waals surface area contributed by atoms with Gasteiger partial charge < -0.3 is 0 Å². The molecule has 17 heavy (non-hydrogen) atoms. The molecule has 0 fully saturated rings. The summed E-state index contributed by atoms with van der Waals surface area (Å²) in [5, 5.41) is 0. The van der Waals surface area contributed by atoms with Crippen molar-refractivity contribution >= 4 is 64.5 Å². The Hall–Kier alpha value is 0.820. The zero-order valence-electron chi connectivity index (χ0n) is 8.92. The van der Waals surface area contributed by atoms with Crippen molar-refractivity contribution in [3.63, 3.8) is 0 Å². The Balaban J connectivity index is 2.79. The van der Waals surface area contributed by atoms with Crippen LogP contribution in [0.1, 0.15) is 12.8 Å². The Kier molecular flexibility index (Phi) is 6.93. The molecule has 0 heterocycles. The predicted octanol–water partition coefficient (Wildman–Crippen LogP) is 3.71. The number of benzene rings is 1. The normalized spacial score (nSPS) is 11.7. The van der Waals surface area contributed by atoms with E-state index in [4.69, 9.17) is 0 Å². The van der Waals surface area contributed by atoms with Crippen LogP contribution in [0.15, 0.2) is 32.0 Å². The molecule has 3 nitrogen and oxygen atoms in total. The largest absolute Gasteiger partial charge is 0.241 e. The highest BCUT2D eigenvalue weighted by molar-refractivity contribution is 14.1. The van der Waals surface area contributed by atoms with E-state index >= 15 is 0 Å². The highest BCUT2D eigenvalue weighted by Gasteiger charge is 2.17. The minimum Gasteiger partial charge on any atom is -0.211 e. The van der Waals surface area contributed by atoms with E-state index in [1.807, 2.05) is 0 Å². The maximum Gasteiger partial charge on any atom is 0.241 e. The molecule has 0 unspecified atom stereocenters. The van der Waals surface area contributed by atoms with Crippen molar-refractivity contribution in [2.75, 3.05) is 11.0 Å². The Labute approximate surface area is 132 Å². The summed E-state index contributed by atoms with van der Waals surface area (Å²) in [4.78, 5) is 0.265. The smallest absolute Gasteiger partial charge is 0.211 e. The van der Waals surface area contributed by atoms with Crippen LogP contribution >= 0.6 is 54.5 Å². The van der Waals surface area contributed by atoms with Gasteiger partial charge in [-0.25, -0.2) is 13.1 Å². The van der Waals surface area contributed by atoms with Gasteiger partial charge in [0.15, 0.2) is 0 Å². The average Bonchev–Trinajstić information content (AvgIpc) is 2.28. The monoisotopic (exact) mass is 495 g/mol. The van der Waals surface area contributed by atoms with Crippen molar-refractivity contribution in [3.05, 3.63) is 27.1 Å². The van der Waals surface area contributed by atoms with Crippen LogP contribution in [-0.2, 0) is 10.0 Å². The van der Waals surface area contributed by atoms with Crippen LogP contribution in [0.25, 0.3) is 0 Å². The number of rotatable bonds is 6. The number of halogens is 3. The van der Waals surface area contributed by atoms with Crippen LogP contribution in [0.4, 0.5) is 0 Å². The van der Waals surface area contributed by atoms with E-state index in [0.29, 0.717) is 11.0 Å². The highest BCUT2D eigenvalue weighted by atomic mass is 127. The van der Waals surface area contributed by atoms with E-state index in [1.165, 1.54) is 0 Å². The molecule has 0 saturated carbocycles. The fraction of sp³-hybridized carbons (Fsp3) is 0.400. The van der Waals surface area contributed by atoms with E-state index in [2.05, 4.69) is 59.2 Å². The van der Waals surface area contributed by atoms with E-state index in [0.717, 1.165) is 21.7 Å². The Morgan fingerprint density at radius 1 is 1.24 bits per heavy atom. The van der Waals surface area contributed by atoms with E-state index < -0.39 is 10.0 Å². The molecule has 0 bridgehead atoms. The zero-order valence-corrected chi connectivity index (χ0v) is 15.1. The quantitative estimate of drug-likeness (QED) is 0.371. The van der Waals surface area contributed by atoms with Crippen molar-refractivity contribution in [1.82, 2.24) is 4.72 Å². The van der Waals surface area contributed by atoms with Gasteiger partial charge in [-0.2, -0.15) is 0 Å². The zero-order chi connectivity index (χ0) is 12.9.